The Bertz CT molecular complexity index is 708. The Balaban J connectivity index is 0.000000505. The van der Waals surface area contributed by atoms with Crippen molar-refractivity contribution in [3.8, 4) is 5.75 Å². The second-order valence-electron chi connectivity index (χ2n) is 4.34. The van der Waals surface area contributed by atoms with Gasteiger partial charge in [0, 0.05) is 7.05 Å². The number of benzene rings is 1. The van der Waals surface area contributed by atoms with Gasteiger partial charge in [-0.15, -0.1) is 0 Å². The molecule has 0 bridgehead atoms. The Labute approximate surface area is 136 Å². The number of aromatic nitrogens is 1. The molecule has 9 heteroatoms. The summed E-state index contributed by atoms with van der Waals surface area (Å²) in [6, 6.07) is 5.69. The van der Waals surface area contributed by atoms with Crippen LogP contribution in [0.25, 0.3) is 0 Å². The number of nitrogens with two attached hydrogens (primary N) is 1. The van der Waals surface area contributed by atoms with Crippen LogP contribution in [-0.4, -0.2) is 29.1 Å². The third kappa shape index (κ3) is 6.26. The molecule has 0 aliphatic rings. The van der Waals surface area contributed by atoms with Gasteiger partial charge in [-0.2, -0.15) is 0 Å². The van der Waals surface area contributed by atoms with Gasteiger partial charge in [0.15, 0.2) is 11.6 Å². The number of nitrogens with one attached hydrogen (secondary N) is 1. The highest BCUT2D eigenvalue weighted by atomic mass is 19.2. The van der Waals surface area contributed by atoms with Crippen LogP contribution in [-0.2, 0) is 6.61 Å². The van der Waals surface area contributed by atoms with E-state index < -0.39 is 23.6 Å². The summed E-state index contributed by atoms with van der Waals surface area (Å²) in [6.07, 6.45) is 1.25. The third-order valence-electron chi connectivity index (χ3n) is 2.59. The minimum atomic E-state index is -1.13. The van der Waals surface area contributed by atoms with Crippen LogP contribution in [0.1, 0.15) is 16.1 Å². The van der Waals surface area contributed by atoms with E-state index in [1.807, 2.05) is 0 Å². The van der Waals surface area contributed by atoms with Gasteiger partial charge in [0.2, 0.25) is 0 Å². The predicted molar refractivity (Wildman–Crippen MR) is 80.5 cm³/mol. The lowest BCUT2D eigenvalue weighted by Crippen LogP contribution is -2.24. The zero-order valence-corrected chi connectivity index (χ0v) is 12.6. The highest BCUT2D eigenvalue weighted by Gasteiger charge is 2.05. The zero-order valence-electron chi connectivity index (χ0n) is 12.6. The van der Waals surface area contributed by atoms with Crippen LogP contribution in [0.5, 0.6) is 5.75 Å². The van der Waals surface area contributed by atoms with Crippen molar-refractivity contribution in [2.24, 2.45) is 5.73 Å². The van der Waals surface area contributed by atoms with Gasteiger partial charge >= 0.3 is 12.0 Å². The van der Waals surface area contributed by atoms with Gasteiger partial charge in [0.05, 0.1) is 6.20 Å². The fraction of sp³-hybridized carbons (Fsp3) is 0.133. The van der Waals surface area contributed by atoms with Gasteiger partial charge in [0.25, 0.3) is 0 Å². The summed E-state index contributed by atoms with van der Waals surface area (Å²) >= 11 is 0. The smallest absolute Gasteiger partial charge is 0.354 e. The predicted octanol–water partition coefficient (Wildman–Crippen LogP) is 1.92. The first-order chi connectivity index (χ1) is 11.3. The maximum absolute atomic E-state index is 12.9. The van der Waals surface area contributed by atoms with Crippen molar-refractivity contribution < 1.29 is 28.2 Å². The molecule has 2 rings (SSSR count). The molecule has 24 heavy (non-hydrogen) atoms. The van der Waals surface area contributed by atoms with Crippen molar-refractivity contribution >= 4 is 12.0 Å². The number of pyridine rings is 1. The van der Waals surface area contributed by atoms with Crippen LogP contribution in [0.15, 0.2) is 36.5 Å². The number of ether oxygens (including phenoxy) is 1. The van der Waals surface area contributed by atoms with Gasteiger partial charge in [0.1, 0.15) is 18.1 Å². The van der Waals surface area contributed by atoms with Gasteiger partial charge < -0.3 is 20.9 Å². The van der Waals surface area contributed by atoms with Gasteiger partial charge in [-0.3, -0.25) is 0 Å². The summed E-state index contributed by atoms with van der Waals surface area (Å²) in [4.78, 5) is 23.7. The van der Waals surface area contributed by atoms with E-state index in [1.54, 1.807) is 0 Å². The van der Waals surface area contributed by atoms with Crippen molar-refractivity contribution in [2.75, 3.05) is 7.05 Å². The molecule has 1 aromatic heterocycles. The maximum atomic E-state index is 12.9. The summed E-state index contributed by atoms with van der Waals surface area (Å²) in [5, 5.41) is 10.8. The second kappa shape index (κ2) is 9.03. The molecular weight excluding hydrogens is 324 g/mol. The Morgan fingerprint density at radius 1 is 1.25 bits per heavy atom. The number of carboxylic acid groups (broad SMARTS) is 1. The van der Waals surface area contributed by atoms with Crippen LogP contribution >= 0.6 is 0 Å². The Hall–Kier alpha value is -3.23. The molecule has 0 saturated heterocycles. The molecule has 0 radical (unpaired) electrons. The van der Waals surface area contributed by atoms with E-state index in [2.05, 4.69) is 16.0 Å². The molecule has 0 spiro atoms. The van der Waals surface area contributed by atoms with Crippen LogP contribution in [0.2, 0.25) is 0 Å². The first kappa shape index (κ1) is 18.8. The van der Waals surface area contributed by atoms with E-state index in [0.717, 1.165) is 12.1 Å². The topological polar surface area (TPSA) is 115 Å². The maximum Gasteiger partial charge on any atom is 0.354 e. The third-order valence-corrected chi connectivity index (χ3v) is 2.59. The van der Waals surface area contributed by atoms with Crippen LogP contribution in [0, 0.1) is 11.6 Å². The number of rotatable bonds is 4. The van der Waals surface area contributed by atoms with Crippen LogP contribution in [0.3, 0.4) is 0 Å². The lowest BCUT2D eigenvalue weighted by molar-refractivity contribution is 0.0690. The average molecular weight is 339 g/mol. The normalized spacial score (nSPS) is 9.46. The van der Waals surface area contributed by atoms with Crippen molar-refractivity contribution in [2.45, 2.75) is 6.61 Å². The number of carbonyl (C=O) groups excluding carboxylic acids is 1. The van der Waals surface area contributed by atoms with Crippen molar-refractivity contribution in [1.29, 1.82) is 0 Å². The Morgan fingerprint density at radius 2 is 1.92 bits per heavy atom. The average Bonchev–Trinajstić information content (AvgIpc) is 2.57. The number of hydrogen-bond acceptors (Lipinski definition) is 4. The molecule has 1 heterocycles. The van der Waals surface area contributed by atoms with Crippen LogP contribution in [0.4, 0.5) is 13.6 Å². The van der Waals surface area contributed by atoms with E-state index in [1.165, 1.54) is 31.4 Å². The Kier molecular flexibility index (Phi) is 7.08. The van der Waals surface area contributed by atoms with E-state index in [-0.39, 0.29) is 12.3 Å². The summed E-state index contributed by atoms with van der Waals surface area (Å²) in [7, 11) is 1.47. The summed E-state index contributed by atoms with van der Waals surface area (Å²) in [6.45, 7) is 0.0330. The molecular formula is C15H15F2N3O4. The first-order valence-electron chi connectivity index (χ1n) is 6.56. The van der Waals surface area contributed by atoms with Gasteiger partial charge in [-0.1, -0.05) is 6.07 Å². The minimum Gasteiger partial charge on any atom is -0.487 e. The number of urea groups is 1. The number of carbonyl (C=O) groups is 2. The SMILES string of the molecule is CNC(N)=O.O=C(O)c1ccc(OCc2ccc(F)c(F)c2)cn1. The fourth-order valence-corrected chi connectivity index (χ4v) is 1.39. The molecule has 1 aromatic carbocycles. The molecule has 2 aromatic rings. The number of hydrogen-bond donors (Lipinski definition) is 3. The van der Waals surface area contributed by atoms with Gasteiger partial charge in [-0.05, 0) is 29.8 Å². The highest BCUT2D eigenvalue weighted by molar-refractivity contribution is 5.85. The lowest BCUT2D eigenvalue weighted by Gasteiger charge is -2.06. The first-order valence-corrected chi connectivity index (χ1v) is 6.56. The van der Waals surface area contributed by atoms with Crippen LogP contribution < -0.4 is 15.8 Å². The number of halogens is 2. The number of aromatic carboxylic acids is 1. The fourth-order valence-electron chi connectivity index (χ4n) is 1.39. The van der Waals surface area contributed by atoms with Crippen molar-refractivity contribution in [3.63, 3.8) is 0 Å². The lowest BCUT2D eigenvalue weighted by atomic mass is 10.2. The number of carboxylic acids is 1. The van der Waals surface area contributed by atoms with E-state index in [0.29, 0.717) is 11.3 Å². The summed E-state index contributed by atoms with van der Waals surface area (Å²) in [5.41, 5.74) is 4.90. The zero-order chi connectivity index (χ0) is 18.1. The molecule has 0 aliphatic carbocycles. The standard InChI is InChI=1S/C13H9F2NO3.C2H6N2O/c14-10-3-1-8(5-11(10)15)7-19-9-2-4-12(13(17)18)16-6-9;1-4-2(3)5/h1-6H,7H2,(H,17,18);1H3,(H3,3,4,5). The molecule has 2 amide bonds. The molecule has 0 atom stereocenters. The molecule has 0 fully saturated rings. The Morgan fingerprint density at radius 3 is 2.38 bits per heavy atom. The van der Waals surface area contributed by atoms with E-state index in [9.17, 15) is 18.4 Å². The molecule has 0 saturated carbocycles. The second-order valence-corrected chi connectivity index (χ2v) is 4.34. The molecule has 128 valence electrons. The summed E-state index contributed by atoms with van der Waals surface area (Å²) < 4.78 is 30.9. The molecule has 0 aliphatic heterocycles. The number of primary amides is 1. The molecule has 7 nitrogen and oxygen atoms in total. The molecule has 4 N–H and O–H groups in total. The quantitative estimate of drug-likeness (QED) is 0.787. The summed E-state index contributed by atoms with van der Waals surface area (Å²) in [5.74, 6) is -2.65. The van der Waals surface area contributed by atoms with Crippen molar-refractivity contribution in [3.05, 3.63) is 59.4 Å². The van der Waals surface area contributed by atoms with Crippen molar-refractivity contribution in [1.82, 2.24) is 10.3 Å². The van der Waals surface area contributed by atoms with E-state index >= 15 is 0 Å². The minimum absolute atomic E-state index is 0.0330. The number of amides is 2. The highest BCUT2D eigenvalue weighted by Crippen LogP contribution is 2.14. The number of nitrogens with zero attached hydrogens (tertiary/aromatic N) is 1. The molecule has 0 unspecified atom stereocenters. The monoisotopic (exact) mass is 339 g/mol. The largest absolute Gasteiger partial charge is 0.487 e. The van der Waals surface area contributed by atoms with Gasteiger partial charge in [-0.25, -0.2) is 23.4 Å². The van der Waals surface area contributed by atoms with E-state index in [4.69, 9.17) is 9.84 Å².